The van der Waals surface area contributed by atoms with Gasteiger partial charge in [0, 0.05) is 44.5 Å². The summed E-state index contributed by atoms with van der Waals surface area (Å²) in [5.41, 5.74) is 4.57. The van der Waals surface area contributed by atoms with Crippen LogP contribution in [0.15, 0.2) is 97.1 Å². The smallest absolute Gasteiger partial charge is 0.160 e. The van der Waals surface area contributed by atoms with Crippen LogP contribution in [0.2, 0.25) is 0 Å². The number of carbonyl (C=O) groups is 10. The predicted molar refractivity (Wildman–Crippen MR) is 212 cm³/mol. The molecular weight excluding hydrogens is 700 g/mol. The van der Waals surface area contributed by atoms with Gasteiger partial charge in [0.2, 0.25) is 0 Å². The molecule has 0 aliphatic carbocycles. The minimum Gasteiger partial charge on any atom is -0.300 e. The van der Waals surface area contributed by atoms with Crippen molar-refractivity contribution in [1.29, 1.82) is 0 Å². The van der Waals surface area contributed by atoms with Crippen molar-refractivity contribution in [2.75, 3.05) is 0 Å². The molecule has 0 spiro atoms. The summed E-state index contributed by atoms with van der Waals surface area (Å²) in [6, 6.07) is 27.0. The average Bonchev–Trinajstić information content (AvgIpc) is 3.12. The molecule has 0 saturated carbocycles. The highest BCUT2D eigenvalue weighted by Gasteiger charge is 2.10. The first kappa shape index (κ1) is 48.6. The zero-order chi connectivity index (χ0) is 42.4. The van der Waals surface area contributed by atoms with Crippen LogP contribution in [-0.4, -0.2) is 57.8 Å². The van der Waals surface area contributed by atoms with Gasteiger partial charge in [-0.25, -0.2) is 0 Å². The van der Waals surface area contributed by atoms with Crippen LogP contribution in [0.4, 0.5) is 0 Å². The number of hydrogen-bond acceptors (Lipinski definition) is 10. The van der Waals surface area contributed by atoms with Gasteiger partial charge in [0.1, 0.15) is 11.6 Å². The van der Waals surface area contributed by atoms with Crippen LogP contribution >= 0.6 is 0 Å². The van der Waals surface area contributed by atoms with Gasteiger partial charge in [0.25, 0.3) is 0 Å². The van der Waals surface area contributed by atoms with Gasteiger partial charge >= 0.3 is 0 Å². The third-order valence-corrected chi connectivity index (χ3v) is 7.27. The number of hydrogen-bond donors (Lipinski definition) is 0. The Balaban J connectivity index is 0.000000670. The third kappa shape index (κ3) is 19.3. The largest absolute Gasteiger partial charge is 0.300 e. The van der Waals surface area contributed by atoms with E-state index in [4.69, 9.17) is 0 Å². The molecular formula is C45H48O10. The number of rotatable bonds is 10. The molecule has 0 atom stereocenters. The maximum absolute atomic E-state index is 11.0. The molecule has 0 saturated heterocycles. The lowest BCUT2D eigenvalue weighted by Gasteiger charge is -2.00. The lowest BCUT2D eigenvalue weighted by Crippen LogP contribution is -2.02. The fraction of sp³-hybridized carbons (Fsp3) is 0.244. The summed E-state index contributed by atoms with van der Waals surface area (Å²) in [5.74, 6) is -0.325. The number of benzene rings is 4. The van der Waals surface area contributed by atoms with Crippen molar-refractivity contribution in [3.63, 3.8) is 0 Å². The van der Waals surface area contributed by atoms with Crippen molar-refractivity contribution >= 4 is 57.8 Å². The molecule has 0 aliphatic heterocycles. The van der Waals surface area contributed by atoms with E-state index < -0.39 is 0 Å². The van der Waals surface area contributed by atoms with E-state index in [2.05, 4.69) is 0 Å². The summed E-state index contributed by atoms with van der Waals surface area (Å²) in [6.07, 6.45) is 0.0833. The zero-order valence-corrected chi connectivity index (χ0v) is 33.0. The maximum atomic E-state index is 11.0. The van der Waals surface area contributed by atoms with E-state index in [1.165, 1.54) is 69.2 Å². The fourth-order valence-electron chi connectivity index (χ4n) is 4.42. The van der Waals surface area contributed by atoms with E-state index in [0.29, 0.717) is 44.5 Å². The van der Waals surface area contributed by atoms with E-state index in [1.54, 1.807) is 97.1 Å². The maximum Gasteiger partial charge on any atom is 0.160 e. The van der Waals surface area contributed by atoms with Crippen molar-refractivity contribution < 1.29 is 47.9 Å². The molecule has 0 heterocycles. The van der Waals surface area contributed by atoms with Crippen LogP contribution in [0.25, 0.3) is 0 Å². The zero-order valence-electron chi connectivity index (χ0n) is 33.0. The molecule has 10 nitrogen and oxygen atoms in total. The molecule has 0 unspecified atom stereocenters. The Morgan fingerprint density at radius 2 is 0.436 bits per heavy atom. The lowest BCUT2D eigenvalue weighted by molar-refractivity contribution is -0.124. The first-order chi connectivity index (χ1) is 25.6. The van der Waals surface area contributed by atoms with E-state index >= 15 is 0 Å². The first-order valence-corrected chi connectivity index (χ1v) is 17.0. The first-order valence-electron chi connectivity index (χ1n) is 17.0. The molecule has 0 N–H and O–H groups in total. The van der Waals surface area contributed by atoms with Crippen LogP contribution in [0.3, 0.4) is 0 Å². The van der Waals surface area contributed by atoms with Gasteiger partial charge in [-0.2, -0.15) is 0 Å². The fourth-order valence-corrected chi connectivity index (χ4v) is 4.42. The van der Waals surface area contributed by atoms with Gasteiger partial charge in [0.15, 0.2) is 46.3 Å². The van der Waals surface area contributed by atoms with Crippen molar-refractivity contribution in [3.05, 3.63) is 142 Å². The predicted octanol–water partition coefficient (Wildman–Crippen LogP) is 8.92. The molecule has 288 valence electrons. The van der Waals surface area contributed by atoms with Crippen molar-refractivity contribution in [2.24, 2.45) is 0 Å². The van der Waals surface area contributed by atoms with Crippen LogP contribution in [0.1, 0.15) is 159 Å². The molecule has 0 aliphatic rings. The minimum absolute atomic E-state index is 0.0186. The summed E-state index contributed by atoms with van der Waals surface area (Å²) >= 11 is 0. The highest BCUT2D eigenvalue weighted by Crippen LogP contribution is 2.11. The van der Waals surface area contributed by atoms with Gasteiger partial charge in [0.05, 0.1) is 6.42 Å². The van der Waals surface area contributed by atoms with Crippen molar-refractivity contribution in [2.45, 2.75) is 75.7 Å². The Bertz CT molecular complexity index is 1750. The minimum atomic E-state index is -0.0687. The molecule has 4 aromatic rings. The molecule has 0 aromatic heterocycles. The number of carbonyl (C=O) groups excluding carboxylic acids is 10. The Hall–Kier alpha value is -6.42. The normalized spacial score (nSPS) is 9.35. The average molecular weight is 749 g/mol. The quantitative estimate of drug-likeness (QED) is 0.113. The van der Waals surface area contributed by atoms with Crippen LogP contribution in [0, 0.1) is 0 Å². The molecule has 10 heteroatoms. The summed E-state index contributed by atoms with van der Waals surface area (Å²) < 4.78 is 0. The Morgan fingerprint density at radius 3 is 0.527 bits per heavy atom. The Kier molecular flexibility index (Phi) is 21.9. The lowest BCUT2D eigenvalue weighted by atomic mass is 10.0. The second-order valence-electron chi connectivity index (χ2n) is 12.3. The topological polar surface area (TPSA) is 171 Å². The highest BCUT2D eigenvalue weighted by molar-refractivity contribution is 6.08. The molecule has 4 aromatic carbocycles. The van der Waals surface area contributed by atoms with Crippen LogP contribution < -0.4 is 0 Å². The molecule has 0 bridgehead atoms. The summed E-state index contributed by atoms with van der Waals surface area (Å²) in [6.45, 7) is 14.7. The van der Waals surface area contributed by atoms with Crippen LogP contribution in [0.5, 0.6) is 0 Å². The van der Waals surface area contributed by atoms with Crippen molar-refractivity contribution in [1.82, 2.24) is 0 Å². The second-order valence-corrected chi connectivity index (χ2v) is 12.3. The third-order valence-electron chi connectivity index (χ3n) is 7.27. The van der Waals surface area contributed by atoms with E-state index in [-0.39, 0.29) is 64.3 Å². The molecule has 55 heavy (non-hydrogen) atoms. The van der Waals surface area contributed by atoms with Gasteiger partial charge < -0.3 is 0 Å². The Labute approximate surface area is 322 Å². The van der Waals surface area contributed by atoms with Crippen LogP contribution in [-0.2, 0) is 9.59 Å². The molecule has 0 fully saturated rings. The number of ketones is 10. The van der Waals surface area contributed by atoms with Gasteiger partial charge in [-0.15, -0.1) is 0 Å². The SMILES string of the molecule is CC(=O)CC(C)=O.CC(=O)c1ccc(C(C)=O)cc1.CC(=O)c1ccc(C(C)=O)cc1.CC(=O)c1ccccc1C(C)=O.CC(=O)c1ccccc1C(C)=O. The van der Waals surface area contributed by atoms with Gasteiger partial charge in [-0.3, -0.25) is 47.9 Å². The second kappa shape index (κ2) is 24.8. The summed E-state index contributed by atoms with van der Waals surface area (Å²) in [5, 5.41) is 0. The van der Waals surface area contributed by atoms with E-state index in [9.17, 15) is 47.9 Å². The highest BCUT2D eigenvalue weighted by atomic mass is 16.2. The molecule has 0 amide bonds. The summed E-state index contributed by atoms with van der Waals surface area (Å²) in [4.78, 5) is 108. The van der Waals surface area contributed by atoms with Gasteiger partial charge in [-0.1, -0.05) is 97.1 Å². The summed E-state index contributed by atoms with van der Waals surface area (Å²) in [7, 11) is 0. The number of Topliss-reactive ketones (excluding diaryl/α,β-unsaturated/α-hetero) is 10. The van der Waals surface area contributed by atoms with Crippen molar-refractivity contribution in [3.8, 4) is 0 Å². The van der Waals surface area contributed by atoms with E-state index in [0.717, 1.165) is 0 Å². The van der Waals surface area contributed by atoms with E-state index in [1.807, 2.05) is 0 Å². The standard InChI is InChI=1S/4C10H10O2.C5H8O2/c2*1-7(11)9-3-5-10(6-4-9)8(2)12;2*1-7(11)9-5-3-4-6-10(9)8(2)12;1-4(6)3-5(2)7/h4*3-6H,1-2H3;3H2,1-2H3. The molecule has 4 rings (SSSR count). The molecule has 0 radical (unpaired) electrons. The monoisotopic (exact) mass is 748 g/mol. The Morgan fingerprint density at radius 1 is 0.273 bits per heavy atom. The van der Waals surface area contributed by atoms with Gasteiger partial charge in [-0.05, 0) is 69.2 Å².